The summed E-state index contributed by atoms with van der Waals surface area (Å²) in [4.78, 5) is 0. The molecule has 0 radical (unpaired) electrons. The summed E-state index contributed by atoms with van der Waals surface area (Å²) in [5.41, 5.74) is 1.15. The highest BCUT2D eigenvalue weighted by Crippen LogP contribution is 2.10. The van der Waals surface area contributed by atoms with Gasteiger partial charge in [0.2, 0.25) is 0 Å². The van der Waals surface area contributed by atoms with Gasteiger partial charge in [0.15, 0.2) is 0 Å². The first-order valence-electron chi connectivity index (χ1n) is 4.03. The predicted octanol–water partition coefficient (Wildman–Crippen LogP) is 1.40. The van der Waals surface area contributed by atoms with Crippen LogP contribution in [0.25, 0.3) is 0 Å². The van der Waals surface area contributed by atoms with Crippen molar-refractivity contribution in [2.75, 3.05) is 0 Å². The van der Waals surface area contributed by atoms with Crippen LogP contribution in [0, 0.1) is 13.8 Å². The largest absolute Gasteiger partial charge is 0.263 e. The zero-order valence-corrected chi connectivity index (χ0v) is 8.38. The molecule has 0 aliphatic heterocycles. The van der Waals surface area contributed by atoms with Gasteiger partial charge in [0.25, 0.3) is 0 Å². The fourth-order valence-corrected chi connectivity index (χ4v) is 1.78. The summed E-state index contributed by atoms with van der Waals surface area (Å²) in [5, 5.41) is 14.2. The molecule has 0 bridgehead atoms. The first kappa shape index (κ1) is 8.37. The maximum absolute atomic E-state index is 4.18. The summed E-state index contributed by atoms with van der Waals surface area (Å²) in [6, 6.07) is 1.98. The Hall–Kier alpha value is -1.23. The van der Waals surface area contributed by atoms with Gasteiger partial charge in [-0.15, -0.1) is 10.2 Å². The second-order valence-corrected chi connectivity index (χ2v) is 4.11. The molecule has 2 aromatic heterocycles. The van der Waals surface area contributed by atoms with Crippen molar-refractivity contribution in [3.63, 3.8) is 0 Å². The smallest absolute Gasteiger partial charge is 0.139 e. The molecule has 2 rings (SSSR count). The highest BCUT2D eigenvalue weighted by atomic mass is 32.1. The van der Waals surface area contributed by atoms with Gasteiger partial charge in [-0.25, -0.2) is 0 Å². The minimum absolute atomic E-state index is 0.727. The molecule has 0 fully saturated rings. The normalized spacial score (nSPS) is 10.6. The van der Waals surface area contributed by atoms with Gasteiger partial charge in [-0.1, -0.05) is 11.3 Å². The Morgan fingerprint density at radius 1 is 1.38 bits per heavy atom. The van der Waals surface area contributed by atoms with E-state index in [0.717, 1.165) is 22.3 Å². The number of aromatic nitrogens is 4. The van der Waals surface area contributed by atoms with E-state index in [1.807, 2.05) is 24.6 Å². The van der Waals surface area contributed by atoms with E-state index < -0.39 is 0 Å². The molecule has 0 amide bonds. The minimum Gasteiger partial charge on any atom is -0.263 e. The van der Waals surface area contributed by atoms with Crippen LogP contribution in [0.15, 0.2) is 12.3 Å². The Kier molecular flexibility index (Phi) is 2.10. The van der Waals surface area contributed by atoms with Gasteiger partial charge in [0.1, 0.15) is 10.0 Å². The van der Waals surface area contributed by atoms with E-state index in [1.54, 1.807) is 17.5 Å². The number of hydrogen-bond acceptors (Lipinski definition) is 4. The molecule has 0 spiro atoms. The molecule has 2 heterocycles. The number of rotatable bonds is 2. The van der Waals surface area contributed by atoms with Crippen LogP contribution in [-0.4, -0.2) is 20.0 Å². The Balaban J connectivity index is 2.19. The van der Waals surface area contributed by atoms with E-state index in [-0.39, 0.29) is 0 Å². The van der Waals surface area contributed by atoms with Gasteiger partial charge in [0.05, 0.1) is 6.54 Å². The molecule has 0 aliphatic rings. The number of aryl methyl sites for hydroxylation is 2. The van der Waals surface area contributed by atoms with Crippen molar-refractivity contribution in [2.45, 2.75) is 20.4 Å². The van der Waals surface area contributed by atoms with E-state index in [9.17, 15) is 0 Å². The molecule has 0 atom stereocenters. The Morgan fingerprint density at radius 3 is 2.77 bits per heavy atom. The highest BCUT2D eigenvalue weighted by Gasteiger charge is 2.03. The van der Waals surface area contributed by atoms with Gasteiger partial charge in [-0.05, 0) is 19.9 Å². The van der Waals surface area contributed by atoms with Gasteiger partial charge in [-0.2, -0.15) is 5.10 Å². The third kappa shape index (κ3) is 1.75. The Bertz CT molecular complexity index is 404. The zero-order chi connectivity index (χ0) is 9.26. The monoisotopic (exact) mass is 194 g/mol. The van der Waals surface area contributed by atoms with Gasteiger partial charge in [-0.3, -0.25) is 4.68 Å². The first-order chi connectivity index (χ1) is 6.25. The lowest BCUT2D eigenvalue weighted by atomic mass is 10.5. The quantitative estimate of drug-likeness (QED) is 0.725. The van der Waals surface area contributed by atoms with E-state index >= 15 is 0 Å². The standard InChI is InChI=1S/C8H10N4S/c1-6-3-4-9-12(6)5-8-11-10-7(2)13-8/h3-4H,5H2,1-2H3. The molecule has 0 saturated heterocycles. The van der Waals surface area contributed by atoms with Gasteiger partial charge < -0.3 is 0 Å². The van der Waals surface area contributed by atoms with Crippen molar-refractivity contribution in [3.8, 4) is 0 Å². The fraction of sp³-hybridized carbons (Fsp3) is 0.375. The maximum atomic E-state index is 4.18. The second-order valence-electron chi connectivity index (χ2n) is 2.85. The third-order valence-corrected chi connectivity index (χ3v) is 2.61. The number of hydrogen-bond donors (Lipinski definition) is 0. The molecule has 5 heteroatoms. The molecule has 0 aromatic carbocycles. The SMILES string of the molecule is Cc1nnc(Cn2nccc2C)s1. The van der Waals surface area contributed by atoms with Crippen LogP contribution in [0.3, 0.4) is 0 Å². The second kappa shape index (κ2) is 3.26. The van der Waals surface area contributed by atoms with Gasteiger partial charge in [0, 0.05) is 11.9 Å². The Labute approximate surface area is 80.2 Å². The minimum atomic E-state index is 0.727. The lowest BCUT2D eigenvalue weighted by molar-refractivity contribution is 0.656. The molecule has 0 saturated carbocycles. The van der Waals surface area contributed by atoms with E-state index in [1.165, 1.54) is 0 Å². The van der Waals surface area contributed by atoms with Crippen LogP contribution in [0.1, 0.15) is 15.7 Å². The van der Waals surface area contributed by atoms with Crippen LogP contribution >= 0.6 is 11.3 Å². The summed E-state index contributed by atoms with van der Waals surface area (Å²) < 4.78 is 1.92. The molecule has 4 nitrogen and oxygen atoms in total. The molecular formula is C8H10N4S. The van der Waals surface area contributed by atoms with Crippen molar-refractivity contribution >= 4 is 11.3 Å². The summed E-state index contributed by atoms with van der Waals surface area (Å²) in [6.45, 7) is 4.71. The molecule has 0 unspecified atom stereocenters. The van der Waals surface area contributed by atoms with Crippen molar-refractivity contribution in [2.24, 2.45) is 0 Å². The van der Waals surface area contributed by atoms with E-state index in [2.05, 4.69) is 15.3 Å². The molecular weight excluding hydrogens is 184 g/mol. The average molecular weight is 194 g/mol. The van der Waals surface area contributed by atoms with Gasteiger partial charge >= 0.3 is 0 Å². The molecule has 2 aromatic rings. The average Bonchev–Trinajstić information content (AvgIpc) is 2.64. The number of nitrogens with zero attached hydrogens (tertiary/aromatic N) is 4. The van der Waals surface area contributed by atoms with Crippen LogP contribution in [0.4, 0.5) is 0 Å². The van der Waals surface area contributed by atoms with Crippen molar-refractivity contribution in [1.29, 1.82) is 0 Å². The third-order valence-electron chi connectivity index (χ3n) is 1.78. The zero-order valence-electron chi connectivity index (χ0n) is 7.56. The maximum Gasteiger partial charge on any atom is 0.139 e. The highest BCUT2D eigenvalue weighted by molar-refractivity contribution is 7.11. The van der Waals surface area contributed by atoms with Crippen molar-refractivity contribution < 1.29 is 0 Å². The molecule has 68 valence electrons. The van der Waals surface area contributed by atoms with E-state index in [0.29, 0.717) is 0 Å². The molecule has 13 heavy (non-hydrogen) atoms. The van der Waals surface area contributed by atoms with Crippen LogP contribution in [-0.2, 0) is 6.54 Å². The predicted molar refractivity (Wildman–Crippen MR) is 50.7 cm³/mol. The van der Waals surface area contributed by atoms with Crippen LogP contribution in [0.2, 0.25) is 0 Å². The van der Waals surface area contributed by atoms with E-state index in [4.69, 9.17) is 0 Å². The first-order valence-corrected chi connectivity index (χ1v) is 4.85. The topological polar surface area (TPSA) is 43.6 Å². The Morgan fingerprint density at radius 2 is 2.23 bits per heavy atom. The van der Waals surface area contributed by atoms with Crippen molar-refractivity contribution in [1.82, 2.24) is 20.0 Å². The van der Waals surface area contributed by atoms with Crippen LogP contribution < -0.4 is 0 Å². The lowest BCUT2D eigenvalue weighted by Crippen LogP contribution is -2.02. The summed E-state index contributed by atoms with van der Waals surface area (Å²) in [6.07, 6.45) is 1.79. The van der Waals surface area contributed by atoms with Crippen LogP contribution in [0.5, 0.6) is 0 Å². The molecule has 0 N–H and O–H groups in total. The van der Waals surface area contributed by atoms with Crippen molar-refractivity contribution in [3.05, 3.63) is 28.0 Å². The fourth-order valence-electron chi connectivity index (χ4n) is 1.09. The summed E-state index contributed by atoms with van der Waals surface area (Å²) >= 11 is 1.61. The summed E-state index contributed by atoms with van der Waals surface area (Å²) in [5.74, 6) is 0. The molecule has 0 aliphatic carbocycles. The lowest BCUT2D eigenvalue weighted by Gasteiger charge is -1.98. The summed E-state index contributed by atoms with van der Waals surface area (Å²) in [7, 11) is 0.